The number of pyridine rings is 1. The van der Waals surface area contributed by atoms with Crippen molar-refractivity contribution in [2.45, 2.75) is 22.6 Å². The molecule has 2 aliphatic carbocycles. The lowest BCUT2D eigenvalue weighted by Gasteiger charge is -2.42. The van der Waals surface area contributed by atoms with Gasteiger partial charge in [-0.05, 0) is 47.9 Å². The molecule has 32 heavy (non-hydrogen) atoms. The molecule has 5 unspecified atom stereocenters. The molecule has 2 aliphatic heterocycles. The number of nitrogens with zero attached hydrogens (tertiary/aromatic N) is 2. The van der Waals surface area contributed by atoms with Crippen LogP contribution in [-0.4, -0.2) is 27.0 Å². The smallest absolute Gasteiger partial charge is 0.305 e. The Morgan fingerprint density at radius 2 is 1.75 bits per heavy atom. The number of rotatable bonds is 2. The highest BCUT2D eigenvalue weighted by atomic mass is 32.2. The number of aromatic amines is 1. The number of nitrogens with one attached hydrogen (secondary N) is 1. The minimum atomic E-state index is -0.272. The van der Waals surface area contributed by atoms with E-state index >= 15 is 0 Å². The average molecular weight is 462 g/mol. The molecule has 4 heterocycles. The van der Waals surface area contributed by atoms with Crippen LogP contribution >= 0.6 is 23.1 Å². The predicted octanol–water partition coefficient (Wildman–Crippen LogP) is 3.51. The van der Waals surface area contributed by atoms with Gasteiger partial charge in [0.25, 0.3) is 0 Å². The zero-order valence-corrected chi connectivity index (χ0v) is 18.5. The van der Waals surface area contributed by atoms with E-state index in [1.165, 1.54) is 16.2 Å². The van der Waals surface area contributed by atoms with Gasteiger partial charge in [0.05, 0.1) is 22.5 Å². The first-order valence-electron chi connectivity index (χ1n) is 10.9. The molecule has 2 aromatic heterocycles. The second-order valence-electron chi connectivity index (χ2n) is 9.09. The van der Waals surface area contributed by atoms with Crippen LogP contribution < -0.4 is 9.77 Å². The minimum absolute atomic E-state index is 0.0264. The van der Waals surface area contributed by atoms with E-state index in [-0.39, 0.29) is 57.4 Å². The molecule has 4 aliphatic rings. The van der Waals surface area contributed by atoms with Gasteiger partial charge in [-0.2, -0.15) is 0 Å². The molecule has 1 N–H and O–H groups in total. The number of carbonyl (C=O) groups excluding carboxylic acids is 2. The van der Waals surface area contributed by atoms with Crippen molar-refractivity contribution in [1.82, 2.24) is 9.97 Å². The van der Waals surface area contributed by atoms with E-state index in [1.807, 2.05) is 42.6 Å². The quantitative estimate of drug-likeness (QED) is 0.591. The second-order valence-corrected chi connectivity index (χ2v) is 11.3. The molecule has 2 bridgehead atoms. The van der Waals surface area contributed by atoms with Gasteiger partial charge in [-0.15, -0.1) is 11.8 Å². The van der Waals surface area contributed by atoms with Crippen LogP contribution in [-0.2, 0) is 9.59 Å². The first-order valence-corrected chi connectivity index (χ1v) is 12.6. The van der Waals surface area contributed by atoms with Gasteiger partial charge in [0.2, 0.25) is 11.8 Å². The summed E-state index contributed by atoms with van der Waals surface area (Å²) < 4.78 is 0. The summed E-state index contributed by atoms with van der Waals surface area (Å²) in [5, 5.41) is 1.13. The molecule has 1 aromatic carbocycles. The topological polar surface area (TPSA) is 83.1 Å². The third kappa shape index (κ3) is 2.37. The summed E-state index contributed by atoms with van der Waals surface area (Å²) in [6.07, 6.45) is 4.54. The van der Waals surface area contributed by atoms with Crippen LogP contribution in [0.4, 0.5) is 5.69 Å². The molecule has 7 atom stereocenters. The fourth-order valence-corrected chi connectivity index (χ4v) is 9.67. The number of fused-ring (bicyclic) bond motifs is 9. The largest absolute Gasteiger partial charge is 0.307 e. The molecule has 160 valence electrons. The van der Waals surface area contributed by atoms with Crippen LogP contribution in [0.1, 0.15) is 22.8 Å². The van der Waals surface area contributed by atoms with Crippen molar-refractivity contribution < 1.29 is 9.59 Å². The van der Waals surface area contributed by atoms with Crippen LogP contribution in [0.5, 0.6) is 0 Å². The zero-order chi connectivity index (χ0) is 21.6. The summed E-state index contributed by atoms with van der Waals surface area (Å²) in [4.78, 5) is 49.1. The van der Waals surface area contributed by atoms with Crippen LogP contribution in [0, 0.1) is 29.6 Å². The molecule has 0 spiro atoms. The number of anilines is 1. The Morgan fingerprint density at radius 1 is 0.969 bits per heavy atom. The summed E-state index contributed by atoms with van der Waals surface area (Å²) in [5.74, 6) is -0.140. The maximum absolute atomic E-state index is 13.6. The highest BCUT2D eigenvalue weighted by Gasteiger charge is 2.69. The molecular weight excluding hydrogens is 442 g/mol. The molecule has 0 radical (unpaired) electrons. The number of aromatic nitrogens is 2. The van der Waals surface area contributed by atoms with E-state index in [0.717, 1.165) is 21.9 Å². The Bertz CT molecular complexity index is 1300. The van der Waals surface area contributed by atoms with Gasteiger partial charge >= 0.3 is 4.87 Å². The fraction of sp³-hybridized carbons (Fsp3) is 0.333. The van der Waals surface area contributed by atoms with E-state index in [4.69, 9.17) is 0 Å². The lowest BCUT2D eigenvalue weighted by molar-refractivity contribution is -0.123. The standard InChI is InChI=1S/C24H19N3O3S2/c28-22-17-13-9-14(18(17)23(29)27(22)12-6-2-1-3-7-12)19-16(13)15(11-5-4-8-25-10-11)20-21(31-19)26-24(30)32-20/h1-8,10,13-19H,9H2,(H,26,30)/t13-,14-,15?,16?,17?,18?,19?/m1/s1. The average Bonchev–Trinajstić information content (AvgIpc) is 3.53. The summed E-state index contributed by atoms with van der Waals surface area (Å²) in [5.41, 5.74) is 1.75. The van der Waals surface area contributed by atoms with Gasteiger partial charge in [0, 0.05) is 28.4 Å². The summed E-state index contributed by atoms with van der Waals surface area (Å²) in [6.45, 7) is 0. The van der Waals surface area contributed by atoms with E-state index in [2.05, 4.69) is 16.0 Å². The maximum Gasteiger partial charge on any atom is 0.305 e. The Labute approximate surface area is 192 Å². The third-order valence-electron chi connectivity index (χ3n) is 7.78. The van der Waals surface area contributed by atoms with Gasteiger partial charge < -0.3 is 4.98 Å². The van der Waals surface area contributed by atoms with Crippen molar-refractivity contribution in [3.8, 4) is 0 Å². The van der Waals surface area contributed by atoms with E-state index in [1.54, 1.807) is 18.0 Å². The Morgan fingerprint density at radius 3 is 2.50 bits per heavy atom. The highest BCUT2D eigenvalue weighted by molar-refractivity contribution is 8.00. The number of para-hydroxylation sites is 1. The summed E-state index contributed by atoms with van der Waals surface area (Å²) >= 11 is 2.98. The molecule has 6 nitrogen and oxygen atoms in total. The number of thiazole rings is 1. The van der Waals surface area contributed by atoms with Crippen molar-refractivity contribution in [2.24, 2.45) is 29.6 Å². The third-order valence-corrected chi connectivity index (χ3v) is 10.4. The molecular formula is C24H19N3O3S2. The molecule has 7 rings (SSSR count). The first kappa shape index (κ1) is 18.8. The molecule has 1 saturated heterocycles. The Hall–Kier alpha value is -2.71. The molecule has 3 aromatic rings. The van der Waals surface area contributed by atoms with Crippen LogP contribution in [0.2, 0.25) is 0 Å². The van der Waals surface area contributed by atoms with Crippen molar-refractivity contribution in [3.05, 3.63) is 75.0 Å². The van der Waals surface area contributed by atoms with Gasteiger partial charge in [-0.25, -0.2) is 0 Å². The normalized spacial score (nSPS) is 34.5. The second kappa shape index (κ2) is 6.65. The number of benzene rings is 1. The van der Waals surface area contributed by atoms with Gasteiger partial charge in [0.1, 0.15) is 0 Å². The molecule has 2 amide bonds. The van der Waals surface area contributed by atoms with Crippen LogP contribution in [0.25, 0.3) is 0 Å². The fourth-order valence-electron chi connectivity index (χ4n) is 6.78. The van der Waals surface area contributed by atoms with Crippen molar-refractivity contribution in [1.29, 1.82) is 0 Å². The first-order chi connectivity index (χ1) is 15.6. The lowest BCUT2D eigenvalue weighted by atomic mass is 9.68. The molecule has 3 fully saturated rings. The van der Waals surface area contributed by atoms with E-state index in [0.29, 0.717) is 5.69 Å². The number of hydrogen-bond donors (Lipinski definition) is 1. The molecule has 8 heteroatoms. The summed E-state index contributed by atoms with van der Waals surface area (Å²) in [6, 6.07) is 13.3. The monoisotopic (exact) mass is 461 g/mol. The Balaban J connectivity index is 1.34. The SMILES string of the molecule is O=C1C2C(C(=O)N1c1ccccc1)[C@@H]1C[C@H]2C2Sc3[nH]c(=O)sc3C(c3cccnc3)C21. The number of hydrogen-bond acceptors (Lipinski definition) is 6. The Kier molecular flexibility index (Phi) is 3.91. The van der Waals surface area contributed by atoms with Crippen molar-refractivity contribution in [3.63, 3.8) is 0 Å². The molecule has 2 saturated carbocycles. The summed E-state index contributed by atoms with van der Waals surface area (Å²) in [7, 11) is 0. The number of H-pyrrole nitrogens is 1. The van der Waals surface area contributed by atoms with Crippen LogP contribution in [0.3, 0.4) is 0 Å². The number of carbonyl (C=O) groups is 2. The maximum atomic E-state index is 13.6. The number of amides is 2. The van der Waals surface area contributed by atoms with Gasteiger partial charge in [0.15, 0.2) is 0 Å². The lowest BCUT2D eigenvalue weighted by Crippen LogP contribution is -2.42. The number of thioether (sulfide) groups is 1. The van der Waals surface area contributed by atoms with E-state index in [9.17, 15) is 14.4 Å². The highest BCUT2D eigenvalue weighted by Crippen LogP contribution is 2.68. The van der Waals surface area contributed by atoms with Crippen molar-refractivity contribution in [2.75, 3.05) is 4.90 Å². The number of imide groups is 1. The van der Waals surface area contributed by atoms with Gasteiger partial charge in [-0.3, -0.25) is 24.3 Å². The zero-order valence-electron chi connectivity index (χ0n) is 16.9. The van der Waals surface area contributed by atoms with Gasteiger partial charge in [-0.1, -0.05) is 35.6 Å². The van der Waals surface area contributed by atoms with Crippen LogP contribution in [0.15, 0.2) is 64.7 Å². The van der Waals surface area contributed by atoms with E-state index < -0.39 is 0 Å². The predicted molar refractivity (Wildman–Crippen MR) is 122 cm³/mol. The minimum Gasteiger partial charge on any atom is -0.307 e. The van der Waals surface area contributed by atoms with Crippen molar-refractivity contribution >= 4 is 40.6 Å².